The second kappa shape index (κ2) is 9.46. The fourth-order valence-electron chi connectivity index (χ4n) is 1.73. The number of carbonyl (C=O) groups is 3. The summed E-state index contributed by atoms with van der Waals surface area (Å²) in [7, 11) is 0. The van der Waals surface area contributed by atoms with Crippen LogP contribution in [0.4, 0.5) is 4.79 Å². The van der Waals surface area contributed by atoms with E-state index in [0.717, 1.165) is 5.56 Å². The highest BCUT2D eigenvalue weighted by molar-refractivity contribution is 5.98. The van der Waals surface area contributed by atoms with Gasteiger partial charge in [0.25, 0.3) is 0 Å². The van der Waals surface area contributed by atoms with Gasteiger partial charge in [-0.15, -0.1) is 0 Å². The first-order valence-corrected chi connectivity index (χ1v) is 7.92. The molecule has 0 aliphatic heterocycles. The van der Waals surface area contributed by atoms with Gasteiger partial charge in [-0.2, -0.15) is 0 Å². The van der Waals surface area contributed by atoms with Gasteiger partial charge in [0.15, 0.2) is 0 Å². The molecule has 0 bridgehead atoms. The minimum absolute atomic E-state index is 0.0101. The van der Waals surface area contributed by atoms with Crippen molar-refractivity contribution in [3.63, 3.8) is 0 Å². The Morgan fingerprint density at radius 1 is 1.12 bits per heavy atom. The van der Waals surface area contributed by atoms with Crippen LogP contribution in [0.15, 0.2) is 36.0 Å². The minimum atomic E-state index is -0.715. The average Bonchev–Trinajstić information content (AvgIpc) is 2.52. The van der Waals surface area contributed by atoms with E-state index in [1.807, 2.05) is 6.07 Å². The maximum Gasteiger partial charge on any atom is 0.408 e. The van der Waals surface area contributed by atoms with Crippen LogP contribution < -0.4 is 10.6 Å². The molecule has 1 aromatic carbocycles. The van der Waals surface area contributed by atoms with Gasteiger partial charge in [-0.3, -0.25) is 4.79 Å². The predicted molar refractivity (Wildman–Crippen MR) is 93.4 cm³/mol. The number of amides is 2. The molecule has 0 spiro atoms. The van der Waals surface area contributed by atoms with Crippen LogP contribution in [0.2, 0.25) is 0 Å². The molecule has 0 atom stereocenters. The Bertz CT molecular complexity index is 633. The first-order chi connectivity index (χ1) is 11.7. The number of rotatable bonds is 6. The first-order valence-electron chi connectivity index (χ1n) is 7.92. The van der Waals surface area contributed by atoms with Crippen LogP contribution in [0.3, 0.4) is 0 Å². The number of esters is 1. The highest BCUT2D eigenvalue weighted by atomic mass is 16.6. The van der Waals surface area contributed by atoms with E-state index in [0.29, 0.717) is 0 Å². The third-order valence-electron chi connectivity index (χ3n) is 2.67. The topological polar surface area (TPSA) is 93.7 Å². The smallest absolute Gasteiger partial charge is 0.408 e. The molecule has 0 unspecified atom stereocenters. The van der Waals surface area contributed by atoms with Crippen LogP contribution in [-0.4, -0.2) is 36.7 Å². The Kier molecular flexibility index (Phi) is 7.65. The molecule has 1 aromatic rings. The third-order valence-corrected chi connectivity index (χ3v) is 2.67. The van der Waals surface area contributed by atoms with Crippen molar-refractivity contribution in [3.05, 3.63) is 41.6 Å². The van der Waals surface area contributed by atoms with Crippen molar-refractivity contribution >= 4 is 24.0 Å². The molecule has 0 radical (unpaired) electrons. The molecular weight excluding hydrogens is 324 g/mol. The molecule has 7 heteroatoms. The summed E-state index contributed by atoms with van der Waals surface area (Å²) < 4.78 is 9.97. The van der Waals surface area contributed by atoms with Crippen molar-refractivity contribution in [2.75, 3.05) is 13.2 Å². The molecule has 2 amide bonds. The van der Waals surface area contributed by atoms with E-state index in [1.165, 1.54) is 6.08 Å². The lowest BCUT2D eigenvalue weighted by Gasteiger charge is -2.19. The van der Waals surface area contributed by atoms with Gasteiger partial charge in [0.05, 0.1) is 6.61 Å². The van der Waals surface area contributed by atoms with Crippen molar-refractivity contribution in [2.45, 2.75) is 33.3 Å². The SMILES string of the molecule is CCOC(=O)/C(=C/c1ccccc1)NC(=O)CNC(=O)OC(C)(C)C. The van der Waals surface area contributed by atoms with Gasteiger partial charge in [0.2, 0.25) is 5.91 Å². The Labute approximate surface area is 147 Å². The van der Waals surface area contributed by atoms with Gasteiger partial charge in [0, 0.05) is 0 Å². The number of ether oxygens (including phenoxy) is 2. The van der Waals surface area contributed by atoms with Crippen LogP contribution in [0.1, 0.15) is 33.3 Å². The van der Waals surface area contributed by atoms with Gasteiger partial charge < -0.3 is 20.1 Å². The predicted octanol–water partition coefficient (Wildman–Crippen LogP) is 2.23. The van der Waals surface area contributed by atoms with Crippen molar-refractivity contribution in [1.82, 2.24) is 10.6 Å². The summed E-state index contributed by atoms with van der Waals surface area (Å²) in [6, 6.07) is 9.01. The summed E-state index contributed by atoms with van der Waals surface area (Å²) in [5.74, 6) is -1.22. The van der Waals surface area contributed by atoms with E-state index >= 15 is 0 Å². The van der Waals surface area contributed by atoms with Gasteiger partial charge in [-0.05, 0) is 39.3 Å². The molecular formula is C18H24N2O5. The lowest BCUT2D eigenvalue weighted by Crippen LogP contribution is -2.40. The van der Waals surface area contributed by atoms with Gasteiger partial charge in [0.1, 0.15) is 17.8 Å². The summed E-state index contributed by atoms with van der Waals surface area (Å²) in [5, 5.41) is 4.77. The zero-order valence-electron chi connectivity index (χ0n) is 14.9. The monoisotopic (exact) mass is 348 g/mol. The molecule has 0 saturated heterocycles. The zero-order chi connectivity index (χ0) is 18.9. The maximum atomic E-state index is 12.0. The maximum absolute atomic E-state index is 12.0. The van der Waals surface area contributed by atoms with Crippen molar-refractivity contribution in [2.24, 2.45) is 0 Å². The highest BCUT2D eigenvalue weighted by Crippen LogP contribution is 2.07. The van der Waals surface area contributed by atoms with Crippen molar-refractivity contribution in [1.29, 1.82) is 0 Å². The molecule has 1 rings (SSSR count). The molecule has 136 valence electrons. The zero-order valence-corrected chi connectivity index (χ0v) is 14.9. The van der Waals surface area contributed by atoms with E-state index in [9.17, 15) is 14.4 Å². The lowest BCUT2D eigenvalue weighted by molar-refractivity contribution is -0.139. The molecule has 0 saturated carbocycles. The fourth-order valence-corrected chi connectivity index (χ4v) is 1.73. The average molecular weight is 348 g/mol. The number of hydrogen-bond donors (Lipinski definition) is 2. The Hall–Kier alpha value is -2.83. The van der Waals surface area contributed by atoms with Gasteiger partial charge >= 0.3 is 12.1 Å². The summed E-state index contributed by atoms with van der Waals surface area (Å²) in [6.45, 7) is 6.66. The van der Waals surface area contributed by atoms with E-state index in [-0.39, 0.29) is 18.8 Å². The number of alkyl carbamates (subject to hydrolysis) is 1. The van der Waals surface area contributed by atoms with E-state index in [4.69, 9.17) is 9.47 Å². The number of hydrogen-bond acceptors (Lipinski definition) is 5. The molecule has 0 aliphatic rings. The quantitative estimate of drug-likeness (QED) is 0.607. The minimum Gasteiger partial charge on any atom is -0.461 e. The van der Waals surface area contributed by atoms with Crippen LogP contribution in [-0.2, 0) is 19.1 Å². The summed E-state index contributed by atoms with van der Waals surface area (Å²) in [4.78, 5) is 35.5. The van der Waals surface area contributed by atoms with Gasteiger partial charge in [-0.25, -0.2) is 9.59 Å². The van der Waals surface area contributed by atoms with E-state index in [1.54, 1.807) is 52.0 Å². The number of benzene rings is 1. The Morgan fingerprint density at radius 2 is 1.76 bits per heavy atom. The molecule has 0 heterocycles. The van der Waals surface area contributed by atoms with E-state index < -0.39 is 23.6 Å². The fraction of sp³-hybridized carbons (Fsp3) is 0.389. The van der Waals surface area contributed by atoms with Crippen molar-refractivity contribution < 1.29 is 23.9 Å². The normalized spacial score (nSPS) is 11.4. The standard InChI is InChI=1S/C18H24N2O5/c1-5-24-16(22)14(11-13-9-7-6-8-10-13)20-15(21)12-19-17(23)25-18(2,3)4/h6-11H,5,12H2,1-4H3,(H,19,23)(H,20,21)/b14-11-. The van der Waals surface area contributed by atoms with Gasteiger partial charge in [-0.1, -0.05) is 30.3 Å². The molecule has 2 N–H and O–H groups in total. The second-order valence-electron chi connectivity index (χ2n) is 6.09. The Balaban J connectivity index is 2.71. The van der Waals surface area contributed by atoms with Crippen LogP contribution >= 0.6 is 0 Å². The van der Waals surface area contributed by atoms with Crippen molar-refractivity contribution in [3.8, 4) is 0 Å². The Morgan fingerprint density at radius 3 is 2.32 bits per heavy atom. The van der Waals surface area contributed by atoms with Crippen LogP contribution in [0, 0.1) is 0 Å². The molecule has 0 fully saturated rings. The first kappa shape index (κ1) is 20.2. The molecule has 0 aliphatic carbocycles. The number of carbonyl (C=O) groups excluding carboxylic acids is 3. The highest BCUT2D eigenvalue weighted by Gasteiger charge is 2.18. The van der Waals surface area contributed by atoms with Crippen LogP contribution in [0.25, 0.3) is 6.08 Å². The second-order valence-corrected chi connectivity index (χ2v) is 6.09. The summed E-state index contributed by atoms with van der Waals surface area (Å²) in [5.41, 5.74) is 0.0548. The summed E-state index contributed by atoms with van der Waals surface area (Å²) in [6.07, 6.45) is 0.788. The third kappa shape index (κ3) is 8.55. The molecule has 25 heavy (non-hydrogen) atoms. The lowest BCUT2D eigenvalue weighted by atomic mass is 10.2. The molecule has 7 nitrogen and oxygen atoms in total. The van der Waals surface area contributed by atoms with Crippen LogP contribution in [0.5, 0.6) is 0 Å². The largest absolute Gasteiger partial charge is 0.461 e. The summed E-state index contributed by atoms with van der Waals surface area (Å²) >= 11 is 0. The van der Waals surface area contributed by atoms with E-state index in [2.05, 4.69) is 10.6 Å². The molecule has 0 aromatic heterocycles. The number of nitrogens with one attached hydrogen (secondary N) is 2.